The van der Waals surface area contributed by atoms with Gasteiger partial charge in [-0.1, -0.05) is 6.07 Å². The van der Waals surface area contributed by atoms with Crippen LogP contribution < -0.4 is 24.4 Å². The number of hydrogen-bond donors (Lipinski definition) is 1. The molecule has 29 heavy (non-hydrogen) atoms. The fraction of sp³-hybridized carbons (Fsp3) is 0.381. The predicted octanol–water partition coefficient (Wildman–Crippen LogP) is 3.13. The van der Waals surface area contributed by atoms with E-state index in [1.807, 2.05) is 24.3 Å². The summed E-state index contributed by atoms with van der Waals surface area (Å²) in [6.45, 7) is 1.74. The fourth-order valence-corrected chi connectivity index (χ4v) is 3.81. The molecule has 2 aromatic heterocycles. The maximum absolute atomic E-state index is 5.61. The van der Waals surface area contributed by atoms with Crippen molar-refractivity contribution in [3.63, 3.8) is 0 Å². The average Bonchev–Trinajstić information content (AvgIpc) is 2.78. The number of methoxy groups -OCH3 is 3. The number of anilines is 2. The van der Waals surface area contributed by atoms with E-state index in [1.165, 1.54) is 0 Å². The molecule has 8 heteroatoms. The molecule has 0 unspecified atom stereocenters. The minimum Gasteiger partial charge on any atom is -0.493 e. The van der Waals surface area contributed by atoms with E-state index in [9.17, 15) is 0 Å². The number of fused-ring (bicyclic) bond motifs is 1. The third-order valence-corrected chi connectivity index (χ3v) is 5.26. The van der Waals surface area contributed by atoms with Crippen molar-refractivity contribution in [2.45, 2.75) is 18.9 Å². The monoisotopic (exact) mass is 395 g/mol. The van der Waals surface area contributed by atoms with Crippen molar-refractivity contribution in [2.75, 3.05) is 44.6 Å². The van der Waals surface area contributed by atoms with Crippen LogP contribution >= 0.6 is 0 Å². The first-order chi connectivity index (χ1) is 14.2. The number of hydrogen-bond acceptors (Lipinski definition) is 8. The van der Waals surface area contributed by atoms with E-state index in [1.54, 1.807) is 33.7 Å². The van der Waals surface area contributed by atoms with Gasteiger partial charge in [-0.2, -0.15) is 5.10 Å². The number of rotatable bonds is 6. The minimum atomic E-state index is 0.383. The van der Waals surface area contributed by atoms with Crippen molar-refractivity contribution in [1.82, 2.24) is 15.2 Å². The van der Waals surface area contributed by atoms with Gasteiger partial charge in [0, 0.05) is 30.7 Å². The number of ether oxygens (including phenoxy) is 3. The van der Waals surface area contributed by atoms with Gasteiger partial charge in [0.15, 0.2) is 17.3 Å². The second-order valence-electron chi connectivity index (χ2n) is 6.90. The van der Waals surface area contributed by atoms with Gasteiger partial charge < -0.3 is 24.4 Å². The number of piperidine rings is 1. The Bertz CT molecular complexity index is 975. The summed E-state index contributed by atoms with van der Waals surface area (Å²) in [6.07, 6.45) is 5.48. The highest BCUT2D eigenvalue weighted by Crippen LogP contribution is 2.45. The highest BCUT2D eigenvalue weighted by Gasteiger charge is 2.25. The summed E-state index contributed by atoms with van der Waals surface area (Å²) >= 11 is 0. The Morgan fingerprint density at radius 1 is 1.00 bits per heavy atom. The van der Waals surface area contributed by atoms with Gasteiger partial charge in [0.1, 0.15) is 5.82 Å². The van der Waals surface area contributed by atoms with Crippen LogP contribution in [0.25, 0.3) is 10.8 Å². The molecule has 1 saturated heterocycles. The van der Waals surface area contributed by atoms with Crippen LogP contribution in [0.5, 0.6) is 17.2 Å². The number of pyridine rings is 1. The van der Waals surface area contributed by atoms with Crippen LogP contribution in [-0.4, -0.2) is 55.6 Å². The van der Waals surface area contributed by atoms with Crippen LogP contribution in [0.4, 0.5) is 11.6 Å². The molecule has 8 nitrogen and oxygen atoms in total. The summed E-state index contributed by atoms with van der Waals surface area (Å²) in [7, 11) is 4.83. The second kappa shape index (κ2) is 8.38. The van der Waals surface area contributed by atoms with E-state index in [4.69, 9.17) is 14.2 Å². The smallest absolute Gasteiger partial charge is 0.204 e. The summed E-state index contributed by atoms with van der Waals surface area (Å²) < 4.78 is 16.6. The van der Waals surface area contributed by atoms with Gasteiger partial charge in [0.05, 0.1) is 32.9 Å². The lowest BCUT2D eigenvalue weighted by Crippen LogP contribution is -2.39. The van der Waals surface area contributed by atoms with Crippen LogP contribution in [-0.2, 0) is 0 Å². The van der Waals surface area contributed by atoms with Gasteiger partial charge >= 0.3 is 0 Å². The normalized spacial score (nSPS) is 14.7. The van der Waals surface area contributed by atoms with Crippen LogP contribution in [0.2, 0.25) is 0 Å². The summed E-state index contributed by atoms with van der Waals surface area (Å²) in [4.78, 5) is 6.62. The summed E-state index contributed by atoms with van der Waals surface area (Å²) in [5.41, 5.74) is 0. The molecule has 3 aromatic rings. The Morgan fingerprint density at radius 2 is 1.79 bits per heavy atom. The number of nitrogens with one attached hydrogen (secondary N) is 1. The lowest BCUT2D eigenvalue weighted by atomic mass is 10.0. The third-order valence-electron chi connectivity index (χ3n) is 5.26. The highest BCUT2D eigenvalue weighted by molar-refractivity contribution is 5.99. The van der Waals surface area contributed by atoms with Gasteiger partial charge in [0.2, 0.25) is 5.75 Å². The molecule has 1 aliphatic heterocycles. The van der Waals surface area contributed by atoms with Crippen LogP contribution in [0.3, 0.4) is 0 Å². The van der Waals surface area contributed by atoms with E-state index >= 15 is 0 Å². The lowest BCUT2D eigenvalue weighted by molar-refractivity contribution is 0.327. The maximum Gasteiger partial charge on any atom is 0.204 e. The number of benzene rings is 1. The molecule has 0 aliphatic carbocycles. The Morgan fingerprint density at radius 3 is 2.45 bits per heavy atom. The molecule has 0 spiro atoms. The van der Waals surface area contributed by atoms with Crippen molar-refractivity contribution in [1.29, 1.82) is 0 Å². The molecule has 3 heterocycles. The third kappa shape index (κ3) is 3.70. The zero-order valence-corrected chi connectivity index (χ0v) is 16.9. The van der Waals surface area contributed by atoms with Crippen molar-refractivity contribution >= 4 is 22.4 Å². The Balaban J connectivity index is 1.60. The minimum absolute atomic E-state index is 0.383. The largest absolute Gasteiger partial charge is 0.493 e. The molecule has 152 valence electrons. The molecule has 0 atom stereocenters. The highest BCUT2D eigenvalue weighted by atomic mass is 16.5. The molecule has 0 saturated carbocycles. The molecular formula is C21H25N5O3. The fourth-order valence-electron chi connectivity index (χ4n) is 3.81. The van der Waals surface area contributed by atoms with Crippen LogP contribution in [0.15, 0.2) is 36.7 Å². The van der Waals surface area contributed by atoms with Gasteiger partial charge in [0.25, 0.3) is 0 Å². The molecule has 1 aromatic carbocycles. The van der Waals surface area contributed by atoms with Crippen molar-refractivity contribution in [3.8, 4) is 17.2 Å². The van der Waals surface area contributed by atoms with Gasteiger partial charge in [-0.15, -0.1) is 5.10 Å². The van der Waals surface area contributed by atoms with Gasteiger partial charge in [-0.3, -0.25) is 0 Å². The molecule has 0 amide bonds. The molecule has 0 radical (unpaired) electrons. The van der Waals surface area contributed by atoms with E-state index < -0.39 is 0 Å². The van der Waals surface area contributed by atoms with E-state index in [2.05, 4.69) is 25.4 Å². The van der Waals surface area contributed by atoms with E-state index in [0.717, 1.165) is 48.3 Å². The quantitative estimate of drug-likeness (QED) is 0.682. The van der Waals surface area contributed by atoms with Crippen molar-refractivity contribution in [3.05, 3.63) is 36.7 Å². The van der Waals surface area contributed by atoms with Gasteiger partial charge in [-0.05, 0) is 31.0 Å². The summed E-state index contributed by atoms with van der Waals surface area (Å²) in [5.74, 6) is 3.51. The summed E-state index contributed by atoms with van der Waals surface area (Å²) in [5, 5.41) is 14.0. The number of aromatic nitrogens is 3. The predicted molar refractivity (Wildman–Crippen MR) is 112 cm³/mol. The van der Waals surface area contributed by atoms with Crippen molar-refractivity contribution < 1.29 is 14.2 Å². The molecular weight excluding hydrogens is 370 g/mol. The van der Waals surface area contributed by atoms with Crippen molar-refractivity contribution in [2.24, 2.45) is 0 Å². The van der Waals surface area contributed by atoms with Gasteiger partial charge in [-0.25, -0.2) is 4.98 Å². The first-order valence-corrected chi connectivity index (χ1v) is 9.62. The first-order valence-electron chi connectivity index (χ1n) is 9.62. The zero-order valence-electron chi connectivity index (χ0n) is 16.9. The first kappa shape index (κ1) is 19.0. The molecule has 0 bridgehead atoms. The van der Waals surface area contributed by atoms with E-state index in [-0.39, 0.29) is 0 Å². The lowest BCUT2D eigenvalue weighted by Gasteiger charge is -2.33. The van der Waals surface area contributed by atoms with E-state index in [0.29, 0.717) is 23.3 Å². The zero-order chi connectivity index (χ0) is 20.2. The van der Waals surface area contributed by atoms with Crippen LogP contribution in [0.1, 0.15) is 12.8 Å². The maximum atomic E-state index is 5.61. The Labute approximate surface area is 169 Å². The molecule has 1 N–H and O–H groups in total. The average molecular weight is 395 g/mol. The Kier molecular flexibility index (Phi) is 5.50. The molecule has 1 fully saturated rings. The second-order valence-corrected chi connectivity index (χ2v) is 6.90. The molecule has 1 aliphatic rings. The SMILES string of the molecule is COc1cc2c(N3CCC(Nc4ccccn4)CC3)nncc2c(OC)c1OC. The summed E-state index contributed by atoms with van der Waals surface area (Å²) in [6, 6.07) is 8.23. The number of nitrogens with zero attached hydrogens (tertiary/aromatic N) is 4. The van der Waals surface area contributed by atoms with Crippen LogP contribution in [0, 0.1) is 0 Å². The standard InChI is InChI=1S/C21H25N5O3/c1-27-17-12-15-16(19(28-2)20(17)29-3)13-23-25-21(15)26-10-7-14(8-11-26)24-18-6-4-5-9-22-18/h4-6,9,12-14H,7-8,10-11H2,1-3H3,(H,22,24). The topological polar surface area (TPSA) is 81.6 Å². The molecule has 4 rings (SSSR count). The Hall–Kier alpha value is -3.29.